The Morgan fingerprint density at radius 1 is 1.29 bits per heavy atom. The molecule has 2 rings (SSSR count). The molecular formula is C8H6F3N3O3. The van der Waals surface area contributed by atoms with E-state index in [2.05, 4.69) is 14.9 Å². The first-order valence-corrected chi connectivity index (χ1v) is 4.27. The van der Waals surface area contributed by atoms with E-state index in [-0.39, 0.29) is 5.52 Å². The van der Waals surface area contributed by atoms with Crippen LogP contribution in [-0.2, 0) is 0 Å². The minimum absolute atomic E-state index is 0.273. The third-order valence-corrected chi connectivity index (χ3v) is 1.96. The standard InChI is InChI=1S/C8H6F3N3O3/c9-8(10,11)17-7-2-5-4(3-12-13-5)1-6(7)14(15)16/h1-3,15-16H,(H,12,13). The van der Waals surface area contributed by atoms with Crippen molar-refractivity contribution in [2.75, 3.05) is 5.23 Å². The Morgan fingerprint density at radius 2 is 2.00 bits per heavy atom. The molecule has 0 saturated heterocycles. The molecule has 9 heteroatoms. The van der Waals surface area contributed by atoms with Gasteiger partial charge in [-0.25, -0.2) is 0 Å². The summed E-state index contributed by atoms with van der Waals surface area (Å²) in [6, 6.07) is 2.05. The maximum absolute atomic E-state index is 12.1. The number of benzene rings is 1. The third-order valence-electron chi connectivity index (χ3n) is 1.96. The van der Waals surface area contributed by atoms with Crippen LogP contribution in [0, 0.1) is 0 Å². The number of anilines is 1. The highest BCUT2D eigenvalue weighted by atomic mass is 19.4. The number of ether oxygens (including phenoxy) is 1. The summed E-state index contributed by atoms with van der Waals surface area (Å²) in [5.41, 5.74) is -0.272. The molecule has 1 heterocycles. The topological polar surface area (TPSA) is 81.6 Å². The molecule has 0 amide bonds. The van der Waals surface area contributed by atoms with E-state index in [0.29, 0.717) is 5.39 Å². The predicted molar refractivity (Wildman–Crippen MR) is 48.8 cm³/mol. The minimum Gasteiger partial charge on any atom is -0.403 e. The van der Waals surface area contributed by atoms with Crippen molar-refractivity contribution < 1.29 is 28.3 Å². The van der Waals surface area contributed by atoms with Gasteiger partial charge in [0.1, 0.15) is 5.69 Å². The number of aromatic nitrogens is 2. The van der Waals surface area contributed by atoms with Crippen LogP contribution < -0.4 is 9.96 Å². The van der Waals surface area contributed by atoms with Crippen LogP contribution in [0.25, 0.3) is 10.9 Å². The molecule has 0 bridgehead atoms. The lowest BCUT2D eigenvalue weighted by Crippen LogP contribution is -2.20. The maximum Gasteiger partial charge on any atom is 0.573 e. The van der Waals surface area contributed by atoms with Crippen molar-refractivity contribution >= 4 is 16.6 Å². The molecule has 0 radical (unpaired) electrons. The summed E-state index contributed by atoms with van der Waals surface area (Å²) in [6.45, 7) is 0. The lowest BCUT2D eigenvalue weighted by atomic mass is 10.2. The molecule has 0 saturated carbocycles. The van der Waals surface area contributed by atoms with E-state index in [9.17, 15) is 13.2 Å². The average molecular weight is 249 g/mol. The number of aromatic amines is 1. The fourth-order valence-electron chi connectivity index (χ4n) is 1.32. The van der Waals surface area contributed by atoms with Gasteiger partial charge < -0.3 is 4.74 Å². The molecule has 0 aliphatic carbocycles. The summed E-state index contributed by atoms with van der Waals surface area (Å²) in [5.74, 6) is -0.751. The van der Waals surface area contributed by atoms with Gasteiger partial charge >= 0.3 is 6.36 Å². The normalized spacial score (nSPS) is 11.8. The SMILES string of the molecule is ON(O)c1cc2cn[nH]c2cc1OC(F)(F)F. The van der Waals surface area contributed by atoms with Crippen molar-refractivity contribution in [3.8, 4) is 5.75 Å². The second-order valence-corrected chi connectivity index (χ2v) is 3.11. The molecule has 0 spiro atoms. The van der Waals surface area contributed by atoms with Crippen LogP contribution in [0.2, 0.25) is 0 Å². The Hall–Kier alpha value is -2.00. The number of fused-ring (bicyclic) bond motifs is 1. The van der Waals surface area contributed by atoms with Gasteiger partial charge in [-0.3, -0.25) is 15.5 Å². The summed E-state index contributed by atoms with van der Waals surface area (Å²) in [5, 5.41) is 23.6. The number of alkyl halides is 3. The summed E-state index contributed by atoms with van der Waals surface area (Å²) >= 11 is 0. The van der Waals surface area contributed by atoms with Gasteiger partial charge in [0.25, 0.3) is 0 Å². The fraction of sp³-hybridized carbons (Fsp3) is 0.125. The summed E-state index contributed by atoms with van der Waals surface area (Å²) in [7, 11) is 0. The lowest BCUT2D eigenvalue weighted by Gasteiger charge is -2.15. The highest BCUT2D eigenvalue weighted by molar-refractivity contribution is 5.85. The molecule has 0 atom stereocenters. The number of hydrogen-bond donors (Lipinski definition) is 3. The smallest absolute Gasteiger partial charge is 0.403 e. The predicted octanol–water partition coefficient (Wildman–Crippen LogP) is 2.05. The van der Waals surface area contributed by atoms with Crippen LogP contribution in [0.1, 0.15) is 0 Å². The molecule has 0 aliphatic rings. The highest BCUT2D eigenvalue weighted by Crippen LogP contribution is 2.34. The van der Waals surface area contributed by atoms with Crippen LogP contribution in [0.5, 0.6) is 5.75 Å². The Morgan fingerprint density at radius 3 is 2.59 bits per heavy atom. The number of hydrogen-bond acceptors (Lipinski definition) is 5. The van der Waals surface area contributed by atoms with E-state index in [1.54, 1.807) is 0 Å². The van der Waals surface area contributed by atoms with E-state index in [1.165, 1.54) is 6.20 Å². The zero-order valence-corrected chi connectivity index (χ0v) is 8.06. The number of nitrogens with one attached hydrogen (secondary N) is 1. The summed E-state index contributed by atoms with van der Waals surface area (Å²) in [4.78, 5) is 0. The van der Waals surface area contributed by atoms with Crippen LogP contribution in [0.15, 0.2) is 18.3 Å². The Balaban J connectivity index is 2.53. The van der Waals surface area contributed by atoms with Crippen LogP contribution in [0.4, 0.5) is 18.9 Å². The van der Waals surface area contributed by atoms with Gasteiger partial charge in [-0.05, 0) is 6.07 Å². The molecule has 0 unspecified atom stereocenters. The summed E-state index contributed by atoms with van der Waals surface area (Å²) in [6.07, 6.45) is -3.61. The maximum atomic E-state index is 12.1. The lowest BCUT2D eigenvalue weighted by molar-refractivity contribution is -0.274. The molecule has 2 aromatic rings. The van der Waals surface area contributed by atoms with E-state index in [1.807, 2.05) is 0 Å². The first kappa shape index (κ1) is 11.5. The molecule has 3 N–H and O–H groups in total. The first-order chi connectivity index (χ1) is 7.87. The van der Waals surface area contributed by atoms with E-state index in [0.717, 1.165) is 12.1 Å². The van der Waals surface area contributed by atoms with Crippen molar-refractivity contribution in [3.05, 3.63) is 18.3 Å². The molecule has 0 fully saturated rings. The van der Waals surface area contributed by atoms with Crippen molar-refractivity contribution in [2.45, 2.75) is 6.36 Å². The van der Waals surface area contributed by atoms with Crippen molar-refractivity contribution in [1.29, 1.82) is 0 Å². The van der Waals surface area contributed by atoms with Crippen molar-refractivity contribution in [3.63, 3.8) is 0 Å². The van der Waals surface area contributed by atoms with Gasteiger partial charge in [0, 0.05) is 11.5 Å². The largest absolute Gasteiger partial charge is 0.573 e. The van der Waals surface area contributed by atoms with E-state index in [4.69, 9.17) is 10.4 Å². The zero-order valence-electron chi connectivity index (χ0n) is 8.06. The van der Waals surface area contributed by atoms with Gasteiger partial charge in [0.05, 0.1) is 11.7 Å². The average Bonchev–Trinajstić information content (AvgIpc) is 2.60. The first-order valence-electron chi connectivity index (χ1n) is 4.27. The molecule has 92 valence electrons. The number of nitrogens with zero attached hydrogens (tertiary/aromatic N) is 2. The number of rotatable bonds is 2. The van der Waals surface area contributed by atoms with Crippen molar-refractivity contribution in [1.82, 2.24) is 10.2 Å². The van der Waals surface area contributed by atoms with Crippen molar-refractivity contribution in [2.24, 2.45) is 0 Å². The Kier molecular flexibility index (Phi) is 2.56. The van der Waals surface area contributed by atoms with Gasteiger partial charge in [0.15, 0.2) is 5.75 Å². The van der Waals surface area contributed by atoms with E-state index < -0.39 is 23.0 Å². The Labute approximate surface area is 91.7 Å². The minimum atomic E-state index is -4.93. The highest BCUT2D eigenvalue weighted by Gasteiger charge is 2.33. The summed E-state index contributed by atoms with van der Waals surface area (Å²) < 4.78 is 39.9. The third kappa shape index (κ3) is 2.40. The molecule has 17 heavy (non-hydrogen) atoms. The van der Waals surface area contributed by atoms with Gasteiger partial charge in [-0.1, -0.05) is 0 Å². The second kappa shape index (κ2) is 3.79. The van der Waals surface area contributed by atoms with Crippen LogP contribution >= 0.6 is 0 Å². The molecule has 1 aromatic heterocycles. The van der Waals surface area contributed by atoms with Gasteiger partial charge in [-0.15, -0.1) is 18.4 Å². The van der Waals surface area contributed by atoms with Gasteiger partial charge in [0.2, 0.25) is 0 Å². The quantitative estimate of drug-likeness (QED) is 0.709. The fourth-order valence-corrected chi connectivity index (χ4v) is 1.32. The van der Waals surface area contributed by atoms with Gasteiger partial charge in [-0.2, -0.15) is 5.10 Å². The molecule has 0 aliphatic heterocycles. The monoisotopic (exact) mass is 249 g/mol. The number of H-pyrrole nitrogens is 1. The molecule has 6 nitrogen and oxygen atoms in total. The number of halogens is 3. The molecule has 1 aromatic carbocycles. The van der Waals surface area contributed by atoms with Crippen LogP contribution in [-0.4, -0.2) is 27.0 Å². The van der Waals surface area contributed by atoms with Crippen LogP contribution in [0.3, 0.4) is 0 Å². The Bertz CT molecular complexity index is 538. The molecular weight excluding hydrogens is 243 g/mol. The second-order valence-electron chi connectivity index (χ2n) is 3.11. The van der Waals surface area contributed by atoms with E-state index >= 15 is 0 Å². The zero-order chi connectivity index (χ0) is 12.6.